The van der Waals surface area contributed by atoms with Gasteiger partial charge in [0, 0.05) is 43.3 Å². The van der Waals surface area contributed by atoms with Gasteiger partial charge in [-0.15, -0.1) is 0 Å². The lowest BCUT2D eigenvalue weighted by Gasteiger charge is -2.47. The van der Waals surface area contributed by atoms with E-state index in [1.54, 1.807) is 7.11 Å². The number of methoxy groups -OCH3 is 1. The zero-order valence-corrected chi connectivity index (χ0v) is 22.3. The average Bonchev–Trinajstić information content (AvgIpc) is 3.30. The molecule has 5 nitrogen and oxygen atoms in total. The topological polar surface area (TPSA) is 50.8 Å². The van der Waals surface area contributed by atoms with Crippen LogP contribution in [0.15, 0.2) is 48.5 Å². The van der Waals surface area contributed by atoms with Crippen LogP contribution in [0.1, 0.15) is 74.0 Å². The molecule has 1 saturated carbocycles. The van der Waals surface area contributed by atoms with Crippen molar-refractivity contribution in [3.05, 3.63) is 65.2 Å². The Morgan fingerprint density at radius 2 is 1.89 bits per heavy atom. The highest BCUT2D eigenvalue weighted by molar-refractivity contribution is 5.82. The second kappa shape index (κ2) is 10.8. The van der Waals surface area contributed by atoms with E-state index in [1.165, 1.54) is 43.2 Å². The fourth-order valence-electron chi connectivity index (χ4n) is 8.03. The first kappa shape index (κ1) is 24.9. The van der Waals surface area contributed by atoms with Gasteiger partial charge in [-0.3, -0.25) is 4.79 Å². The van der Waals surface area contributed by atoms with Crippen LogP contribution in [0.5, 0.6) is 5.75 Å². The van der Waals surface area contributed by atoms with Crippen LogP contribution in [0.4, 0.5) is 0 Å². The molecular formula is C32H42N2O3. The van der Waals surface area contributed by atoms with E-state index in [-0.39, 0.29) is 11.3 Å². The number of nitrogens with one attached hydrogen (secondary N) is 1. The van der Waals surface area contributed by atoms with E-state index in [9.17, 15) is 4.79 Å². The molecule has 0 unspecified atom stereocenters. The van der Waals surface area contributed by atoms with Crippen molar-refractivity contribution in [2.75, 3.05) is 33.4 Å². The summed E-state index contributed by atoms with van der Waals surface area (Å²) >= 11 is 0. The van der Waals surface area contributed by atoms with Crippen LogP contribution >= 0.6 is 0 Å². The molecule has 0 aromatic heterocycles. The Labute approximate surface area is 221 Å². The second-order valence-electron chi connectivity index (χ2n) is 11.8. The van der Waals surface area contributed by atoms with Gasteiger partial charge < -0.3 is 19.7 Å². The number of ether oxygens (including phenoxy) is 2. The van der Waals surface area contributed by atoms with E-state index in [2.05, 4.69) is 52.7 Å². The monoisotopic (exact) mass is 502 g/mol. The predicted octanol–water partition coefficient (Wildman–Crippen LogP) is 5.43. The number of hydrogen-bond acceptors (Lipinski definition) is 4. The maximum Gasteiger partial charge on any atom is 0.228 e. The molecule has 6 rings (SSSR count). The van der Waals surface area contributed by atoms with Crippen molar-refractivity contribution >= 4 is 5.91 Å². The number of piperidine rings is 1. The number of carbonyl (C=O) groups is 1. The molecule has 1 spiro atoms. The van der Waals surface area contributed by atoms with Crippen LogP contribution < -0.4 is 10.1 Å². The van der Waals surface area contributed by atoms with Crippen molar-refractivity contribution in [1.29, 1.82) is 0 Å². The fourth-order valence-corrected chi connectivity index (χ4v) is 8.03. The fraction of sp³-hybridized carbons (Fsp3) is 0.594. The van der Waals surface area contributed by atoms with Crippen molar-refractivity contribution in [3.8, 4) is 5.75 Å². The molecule has 2 aromatic rings. The van der Waals surface area contributed by atoms with Crippen LogP contribution in [0.25, 0.3) is 0 Å². The van der Waals surface area contributed by atoms with E-state index in [0.717, 1.165) is 50.2 Å². The third kappa shape index (κ3) is 4.59. The van der Waals surface area contributed by atoms with Gasteiger partial charge in [0.1, 0.15) is 5.75 Å². The summed E-state index contributed by atoms with van der Waals surface area (Å²) in [5.74, 6) is 2.34. The predicted molar refractivity (Wildman–Crippen MR) is 146 cm³/mol. The Balaban J connectivity index is 1.32. The minimum Gasteiger partial charge on any atom is -0.496 e. The van der Waals surface area contributed by atoms with Gasteiger partial charge in [-0.1, -0.05) is 61.7 Å². The van der Waals surface area contributed by atoms with Gasteiger partial charge in [-0.25, -0.2) is 0 Å². The lowest BCUT2D eigenvalue weighted by atomic mass is 9.67. The van der Waals surface area contributed by atoms with Crippen molar-refractivity contribution in [1.82, 2.24) is 10.2 Å². The van der Waals surface area contributed by atoms with Crippen LogP contribution in [0.2, 0.25) is 0 Å². The van der Waals surface area contributed by atoms with Gasteiger partial charge in [-0.05, 0) is 61.1 Å². The first-order valence-electron chi connectivity index (χ1n) is 14.5. The van der Waals surface area contributed by atoms with Crippen LogP contribution in [-0.2, 0) is 21.6 Å². The minimum atomic E-state index is -0.245. The number of fused-ring (bicyclic) bond motifs is 2. The summed E-state index contributed by atoms with van der Waals surface area (Å²) in [4.78, 5) is 17.0. The summed E-state index contributed by atoms with van der Waals surface area (Å²) in [5, 5.41) is 3.64. The molecule has 1 amide bonds. The summed E-state index contributed by atoms with van der Waals surface area (Å²) in [6, 6.07) is 17.7. The maximum atomic E-state index is 14.7. The van der Waals surface area contributed by atoms with Crippen molar-refractivity contribution < 1.29 is 14.3 Å². The molecule has 1 aliphatic carbocycles. The number of amides is 1. The summed E-state index contributed by atoms with van der Waals surface area (Å²) < 4.78 is 11.8. The molecule has 37 heavy (non-hydrogen) atoms. The molecule has 3 heterocycles. The molecule has 1 N–H and O–H groups in total. The second-order valence-corrected chi connectivity index (χ2v) is 11.8. The zero-order chi connectivity index (χ0) is 25.2. The standard InChI is InChI=1S/C32H42N2O3/c1-36-30-14-8-13-27-26(30)21-37-18-16-32(27)22-33-20-28(32)31(35)34-17-15-25(23-9-4-2-5-10-23)19-29(34)24-11-6-3-7-12-24/h2,4-5,8-10,13-14,24-25,28-29,33H,3,6-7,11-12,15-22H2,1H3/t25-,28+,29+,32+/m1/s1. The average molecular weight is 503 g/mol. The minimum absolute atomic E-state index is 0.0700. The molecule has 0 radical (unpaired) electrons. The Bertz CT molecular complexity index is 1080. The van der Waals surface area contributed by atoms with E-state index in [4.69, 9.17) is 9.47 Å². The largest absolute Gasteiger partial charge is 0.496 e. The van der Waals surface area contributed by atoms with Crippen molar-refractivity contribution in [3.63, 3.8) is 0 Å². The molecule has 2 saturated heterocycles. The third-order valence-electron chi connectivity index (χ3n) is 9.98. The normalized spacial score (nSPS) is 30.6. The summed E-state index contributed by atoms with van der Waals surface area (Å²) in [5.41, 5.74) is 3.57. The molecule has 3 fully saturated rings. The van der Waals surface area contributed by atoms with E-state index >= 15 is 0 Å². The number of carbonyl (C=O) groups excluding carboxylic acids is 1. The lowest BCUT2D eigenvalue weighted by Crippen LogP contribution is -2.55. The van der Waals surface area contributed by atoms with Crippen molar-refractivity contribution in [2.45, 2.75) is 75.3 Å². The van der Waals surface area contributed by atoms with E-state index < -0.39 is 0 Å². The van der Waals surface area contributed by atoms with Gasteiger partial charge in [0.05, 0.1) is 19.6 Å². The van der Waals surface area contributed by atoms with E-state index in [0.29, 0.717) is 37.0 Å². The molecule has 0 bridgehead atoms. The SMILES string of the molecule is COc1cccc2c1COCC[C@]21CNC[C@H]1C(=O)N1CC[C@@H](c2ccccc2)C[C@H]1C1CCCCC1. The van der Waals surface area contributed by atoms with Crippen molar-refractivity contribution in [2.24, 2.45) is 11.8 Å². The molecule has 5 heteroatoms. The Morgan fingerprint density at radius 3 is 2.70 bits per heavy atom. The lowest BCUT2D eigenvalue weighted by molar-refractivity contribution is -0.143. The van der Waals surface area contributed by atoms with Gasteiger partial charge in [0.2, 0.25) is 5.91 Å². The zero-order valence-electron chi connectivity index (χ0n) is 22.3. The quantitative estimate of drug-likeness (QED) is 0.606. The smallest absolute Gasteiger partial charge is 0.228 e. The molecular weight excluding hydrogens is 460 g/mol. The molecule has 2 aromatic carbocycles. The number of hydrogen-bond donors (Lipinski definition) is 1. The number of rotatable bonds is 4. The Morgan fingerprint density at radius 1 is 1.05 bits per heavy atom. The molecule has 4 atom stereocenters. The van der Waals surface area contributed by atoms with Gasteiger partial charge in [0.15, 0.2) is 0 Å². The first-order chi connectivity index (χ1) is 18.2. The Hall–Kier alpha value is -2.37. The van der Waals surface area contributed by atoms with E-state index in [1.807, 2.05) is 6.07 Å². The highest BCUT2D eigenvalue weighted by Gasteiger charge is 2.52. The van der Waals surface area contributed by atoms with Gasteiger partial charge >= 0.3 is 0 Å². The van der Waals surface area contributed by atoms with Gasteiger partial charge in [0.25, 0.3) is 0 Å². The summed E-state index contributed by atoms with van der Waals surface area (Å²) in [7, 11) is 1.73. The Kier molecular flexibility index (Phi) is 7.27. The number of likely N-dealkylation sites (tertiary alicyclic amines) is 1. The first-order valence-corrected chi connectivity index (χ1v) is 14.5. The third-order valence-corrected chi connectivity index (χ3v) is 9.98. The van der Waals surface area contributed by atoms with Crippen LogP contribution in [-0.4, -0.2) is 50.2 Å². The number of benzene rings is 2. The maximum absolute atomic E-state index is 14.7. The highest BCUT2D eigenvalue weighted by Crippen LogP contribution is 2.47. The molecule has 3 aliphatic heterocycles. The molecule has 198 valence electrons. The molecule has 4 aliphatic rings. The summed E-state index contributed by atoms with van der Waals surface area (Å²) in [6.07, 6.45) is 9.49. The number of nitrogens with zero attached hydrogens (tertiary/aromatic N) is 1. The summed E-state index contributed by atoms with van der Waals surface area (Å²) in [6.45, 7) is 3.65. The highest BCUT2D eigenvalue weighted by atomic mass is 16.5. The van der Waals surface area contributed by atoms with Crippen LogP contribution in [0, 0.1) is 11.8 Å². The van der Waals surface area contributed by atoms with Gasteiger partial charge in [-0.2, -0.15) is 0 Å². The van der Waals surface area contributed by atoms with Crippen LogP contribution in [0.3, 0.4) is 0 Å².